The Morgan fingerprint density at radius 3 is 2.75 bits per heavy atom. The Bertz CT molecular complexity index is 323. The molecule has 0 unspecified atom stereocenters. The van der Waals surface area contributed by atoms with Crippen LogP contribution in [0, 0.1) is 12.3 Å². The van der Waals surface area contributed by atoms with E-state index in [1.165, 1.54) is 0 Å². The lowest BCUT2D eigenvalue weighted by molar-refractivity contribution is 0.666. The summed E-state index contributed by atoms with van der Waals surface area (Å²) in [6.45, 7) is 3.94. The summed E-state index contributed by atoms with van der Waals surface area (Å²) in [5.74, 6) is 2.71. The number of nitrogens with zero attached hydrogens (tertiary/aromatic N) is 1. The van der Waals surface area contributed by atoms with E-state index in [1.807, 2.05) is 26.0 Å². The van der Waals surface area contributed by atoms with Crippen LogP contribution in [0.25, 0.3) is 0 Å². The normalized spacial score (nSPS) is 10.8. The molecule has 1 aromatic heterocycles. The first-order valence-electron chi connectivity index (χ1n) is 3.66. The van der Waals surface area contributed by atoms with Gasteiger partial charge in [-0.2, -0.15) is 0 Å². The van der Waals surface area contributed by atoms with Gasteiger partial charge in [-0.3, -0.25) is 4.98 Å². The highest BCUT2D eigenvalue weighted by Gasteiger charge is 2.20. The Balaban J connectivity index is 3.22. The molecule has 0 aliphatic heterocycles. The average molecular weight is 224 g/mol. The Morgan fingerprint density at radius 2 is 2.25 bits per heavy atom. The summed E-state index contributed by atoms with van der Waals surface area (Å²) < 4.78 is 0.966. The predicted octanol–water partition coefficient (Wildman–Crippen LogP) is 2.75. The number of terminal acetylenes is 1. The van der Waals surface area contributed by atoms with Crippen LogP contribution in [0.5, 0.6) is 0 Å². The maximum Gasteiger partial charge on any atom is 0.0720 e. The van der Waals surface area contributed by atoms with Gasteiger partial charge in [-0.05, 0) is 41.9 Å². The second kappa shape index (κ2) is 3.28. The predicted molar refractivity (Wildman–Crippen MR) is 53.8 cm³/mol. The first-order chi connectivity index (χ1) is 5.58. The van der Waals surface area contributed by atoms with Gasteiger partial charge in [0.05, 0.1) is 11.1 Å². The zero-order chi connectivity index (χ0) is 9.19. The fraction of sp³-hybridized carbons (Fsp3) is 0.300. The number of rotatable bonds is 1. The Labute approximate surface area is 81.3 Å². The molecule has 1 aromatic rings. The summed E-state index contributed by atoms with van der Waals surface area (Å²) in [5, 5.41) is 0. The zero-order valence-electron chi connectivity index (χ0n) is 7.13. The van der Waals surface area contributed by atoms with Crippen molar-refractivity contribution >= 4 is 15.9 Å². The van der Waals surface area contributed by atoms with Gasteiger partial charge in [-0.25, -0.2) is 0 Å². The minimum Gasteiger partial charge on any atom is -0.259 e. The van der Waals surface area contributed by atoms with E-state index in [4.69, 9.17) is 6.42 Å². The fourth-order valence-electron chi connectivity index (χ4n) is 0.914. The molecular formula is C10H10BrN. The third kappa shape index (κ3) is 1.67. The summed E-state index contributed by atoms with van der Waals surface area (Å²) in [6.07, 6.45) is 7.15. The standard InChI is InChI=1S/C10H10BrN/c1-4-10(2,3)9-8(11)6-5-7-12-9/h1,5-7H,2-3H3. The van der Waals surface area contributed by atoms with Gasteiger partial charge in [0.1, 0.15) is 0 Å². The third-order valence-electron chi connectivity index (χ3n) is 1.71. The van der Waals surface area contributed by atoms with Gasteiger partial charge in [-0.1, -0.05) is 5.92 Å². The van der Waals surface area contributed by atoms with Gasteiger partial charge in [0.2, 0.25) is 0 Å². The molecule has 1 heterocycles. The van der Waals surface area contributed by atoms with Crippen molar-refractivity contribution in [2.75, 3.05) is 0 Å². The first kappa shape index (κ1) is 9.28. The van der Waals surface area contributed by atoms with Gasteiger partial charge in [0.15, 0.2) is 0 Å². The highest BCUT2D eigenvalue weighted by atomic mass is 79.9. The van der Waals surface area contributed by atoms with Crippen molar-refractivity contribution in [2.24, 2.45) is 0 Å². The number of halogens is 1. The summed E-state index contributed by atoms with van der Waals surface area (Å²) in [5.41, 5.74) is 0.604. The molecule has 0 fully saturated rings. The van der Waals surface area contributed by atoms with Crippen LogP contribution in [-0.2, 0) is 5.41 Å². The topological polar surface area (TPSA) is 12.9 Å². The van der Waals surface area contributed by atoms with E-state index < -0.39 is 0 Å². The molecule has 2 heteroatoms. The summed E-state index contributed by atoms with van der Waals surface area (Å²) in [7, 11) is 0. The van der Waals surface area contributed by atoms with E-state index in [0.29, 0.717) is 0 Å². The zero-order valence-corrected chi connectivity index (χ0v) is 8.72. The highest BCUT2D eigenvalue weighted by molar-refractivity contribution is 9.10. The Kier molecular flexibility index (Phi) is 2.54. The quantitative estimate of drug-likeness (QED) is 0.668. The summed E-state index contributed by atoms with van der Waals surface area (Å²) >= 11 is 3.41. The highest BCUT2D eigenvalue weighted by Crippen LogP contribution is 2.26. The molecule has 0 aliphatic carbocycles. The summed E-state index contributed by atoms with van der Waals surface area (Å²) in [4.78, 5) is 4.23. The molecule has 12 heavy (non-hydrogen) atoms. The van der Waals surface area contributed by atoms with Gasteiger partial charge in [-0.15, -0.1) is 6.42 Å². The molecule has 0 saturated carbocycles. The molecule has 0 radical (unpaired) electrons. The monoisotopic (exact) mass is 223 g/mol. The molecule has 0 aliphatic rings. The van der Waals surface area contributed by atoms with E-state index >= 15 is 0 Å². The molecule has 62 valence electrons. The maximum atomic E-state index is 5.40. The van der Waals surface area contributed by atoms with E-state index in [1.54, 1.807) is 6.20 Å². The van der Waals surface area contributed by atoms with Crippen LogP contribution in [0.3, 0.4) is 0 Å². The van der Waals surface area contributed by atoms with Crippen molar-refractivity contribution in [1.29, 1.82) is 0 Å². The average Bonchev–Trinajstić information content (AvgIpc) is 2.05. The van der Waals surface area contributed by atoms with E-state index in [2.05, 4.69) is 26.8 Å². The van der Waals surface area contributed by atoms with Crippen LogP contribution in [0.2, 0.25) is 0 Å². The van der Waals surface area contributed by atoms with E-state index in [9.17, 15) is 0 Å². The number of hydrogen-bond donors (Lipinski definition) is 0. The lowest BCUT2D eigenvalue weighted by atomic mass is 9.90. The van der Waals surface area contributed by atoms with Crippen LogP contribution in [0.4, 0.5) is 0 Å². The molecule has 0 bridgehead atoms. The SMILES string of the molecule is C#CC(C)(C)c1ncccc1Br. The minimum absolute atomic E-state index is 0.305. The van der Waals surface area contributed by atoms with Gasteiger partial charge < -0.3 is 0 Å². The number of hydrogen-bond acceptors (Lipinski definition) is 1. The lowest BCUT2D eigenvalue weighted by Crippen LogP contribution is -2.16. The molecule has 1 nitrogen and oxygen atoms in total. The second-order valence-corrected chi connectivity index (χ2v) is 3.96. The molecule has 0 N–H and O–H groups in total. The van der Waals surface area contributed by atoms with E-state index in [-0.39, 0.29) is 5.41 Å². The third-order valence-corrected chi connectivity index (χ3v) is 2.35. The van der Waals surface area contributed by atoms with Gasteiger partial charge >= 0.3 is 0 Å². The Morgan fingerprint density at radius 1 is 1.58 bits per heavy atom. The molecule has 0 spiro atoms. The Hall–Kier alpha value is -0.810. The fourth-order valence-corrected chi connectivity index (χ4v) is 1.66. The first-order valence-corrected chi connectivity index (χ1v) is 4.46. The van der Waals surface area contributed by atoms with Crippen molar-refractivity contribution in [1.82, 2.24) is 4.98 Å². The number of aromatic nitrogens is 1. The summed E-state index contributed by atoms with van der Waals surface area (Å²) in [6, 6.07) is 3.82. The second-order valence-electron chi connectivity index (χ2n) is 3.10. The van der Waals surface area contributed by atoms with E-state index in [0.717, 1.165) is 10.2 Å². The van der Waals surface area contributed by atoms with Crippen molar-refractivity contribution in [3.63, 3.8) is 0 Å². The number of pyridine rings is 1. The van der Waals surface area contributed by atoms with Gasteiger partial charge in [0.25, 0.3) is 0 Å². The lowest BCUT2D eigenvalue weighted by Gasteiger charge is -2.17. The van der Waals surface area contributed by atoms with Crippen molar-refractivity contribution in [3.8, 4) is 12.3 Å². The molecular weight excluding hydrogens is 214 g/mol. The van der Waals surface area contributed by atoms with Crippen LogP contribution in [-0.4, -0.2) is 4.98 Å². The smallest absolute Gasteiger partial charge is 0.0720 e. The molecule has 0 saturated heterocycles. The minimum atomic E-state index is -0.305. The maximum absolute atomic E-state index is 5.40. The molecule has 0 atom stereocenters. The molecule has 0 amide bonds. The van der Waals surface area contributed by atoms with Gasteiger partial charge in [0, 0.05) is 10.7 Å². The van der Waals surface area contributed by atoms with Crippen molar-refractivity contribution in [3.05, 3.63) is 28.5 Å². The van der Waals surface area contributed by atoms with Crippen LogP contribution in [0.15, 0.2) is 22.8 Å². The van der Waals surface area contributed by atoms with Crippen molar-refractivity contribution in [2.45, 2.75) is 19.3 Å². The van der Waals surface area contributed by atoms with Crippen LogP contribution >= 0.6 is 15.9 Å². The largest absolute Gasteiger partial charge is 0.259 e. The molecule has 0 aromatic carbocycles. The molecule has 1 rings (SSSR count). The van der Waals surface area contributed by atoms with Crippen molar-refractivity contribution < 1.29 is 0 Å². The van der Waals surface area contributed by atoms with Crippen LogP contribution < -0.4 is 0 Å². The van der Waals surface area contributed by atoms with Crippen LogP contribution in [0.1, 0.15) is 19.5 Å².